The molecule has 0 bridgehead atoms. The smallest absolute Gasteiger partial charge is 0.266 e. The number of nitrogens with zero attached hydrogens (tertiary/aromatic N) is 1. The first-order chi connectivity index (χ1) is 13.5. The van der Waals surface area contributed by atoms with Gasteiger partial charge in [-0.25, -0.2) is 4.39 Å². The molecule has 0 aliphatic carbocycles. The minimum Gasteiger partial charge on any atom is -0.488 e. The Morgan fingerprint density at radius 3 is 2.68 bits per heavy atom. The Morgan fingerprint density at radius 1 is 1.29 bits per heavy atom. The van der Waals surface area contributed by atoms with Crippen LogP contribution >= 0.6 is 15.9 Å². The van der Waals surface area contributed by atoms with Crippen molar-refractivity contribution in [1.82, 2.24) is 0 Å². The van der Waals surface area contributed by atoms with Crippen molar-refractivity contribution in [2.45, 2.75) is 6.42 Å². The van der Waals surface area contributed by atoms with Crippen LogP contribution in [0.3, 0.4) is 0 Å². The molecule has 0 fully saturated rings. The van der Waals surface area contributed by atoms with Gasteiger partial charge in [0.15, 0.2) is 0 Å². The molecule has 4 nitrogen and oxygen atoms in total. The second-order valence-electron chi connectivity index (χ2n) is 5.69. The van der Waals surface area contributed by atoms with Gasteiger partial charge in [-0.3, -0.25) is 4.79 Å². The lowest BCUT2D eigenvalue weighted by atomic mass is 10.0. The maximum Gasteiger partial charge on any atom is 0.266 e. The van der Waals surface area contributed by atoms with Gasteiger partial charge in [0.25, 0.3) is 5.91 Å². The van der Waals surface area contributed by atoms with Gasteiger partial charge in [0.1, 0.15) is 29.8 Å². The number of ether oxygens (including phenoxy) is 1. The normalized spacial score (nSPS) is 10.7. The summed E-state index contributed by atoms with van der Waals surface area (Å²) < 4.78 is 20.1. The summed E-state index contributed by atoms with van der Waals surface area (Å²) in [5, 5.41) is 11.8. The molecule has 6 heteroatoms. The van der Waals surface area contributed by atoms with Gasteiger partial charge < -0.3 is 10.1 Å². The van der Waals surface area contributed by atoms with Crippen molar-refractivity contribution in [3.63, 3.8) is 0 Å². The first kappa shape index (κ1) is 21.1. The number of allylic oxidation sites excluding steroid dienone is 1. The maximum atomic E-state index is 13.7. The van der Waals surface area contributed by atoms with E-state index in [1.54, 1.807) is 30.4 Å². The minimum absolute atomic E-state index is 0.00958. The molecule has 0 spiro atoms. The number of nitriles is 1. The van der Waals surface area contributed by atoms with Crippen LogP contribution in [0.4, 0.5) is 10.1 Å². The average molecular weight is 441 g/mol. The summed E-state index contributed by atoms with van der Waals surface area (Å²) in [6, 6.07) is 11.2. The molecular weight excluding hydrogens is 423 g/mol. The maximum absolute atomic E-state index is 13.7. The molecule has 0 saturated heterocycles. The fourth-order valence-corrected chi connectivity index (χ4v) is 3.07. The van der Waals surface area contributed by atoms with Crippen LogP contribution < -0.4 is 10.1 Å². The summed E-state index contributed by atoms with van der Waals surface area (Å²) in [7, 11) is 0. The molecule has 2 rings (SSSR count). The third kappa shape index (κ3) is 5.41. The lowest BCUT2D eigenvalue weighted by Gasteiger charge is -2.13. The Bertz CT molecular complexity index is 977. The van der Waals surface area contributed by atoms with Gasteiger partial charge in [0.2, 0.25) is 0 Å². The number of halogens is 2. The molecule has 0 aliphatic heterocycles. The molecule has 1 amide bonds. The van der Waals surface area contributed by atoms with E-state index in [1.165, 1.54) is 24.3 Å². The van der Waals surface area contributed by atoms with Gasteiger partial charge in [0.05, 0.1) is 10.2 Å². The van der Waals surface area contributed by atoms with Crippen LogP contribution in [0.2, 0.25) is 0 Å². The molecule has 0 aromatic heterocycles. The number of nitrogens with one attached hydrogen (secondary N) is 1. The zero-order valence-electron chi connectivity index (χ0n) is 15.0. The summed E-state index contributed by atoms with van der Waals surface area (Å²) >= 11 is 3.45. The predicted molar refractivity (Wildman–Crippen MR) is 112 cm³/mol. The minimum atomic E-state index is -0.694. The van der Waals surface area contributed by atoms with E-state index < -0.39 is 11.7 Å². The van der Waals surface area contributed by atoms with Crippen molar-refractivity contribution in [2.75, 3.05) is 11.9 Å². The number of benzene rings is 2. The van der Waals surface area contributed by atoms with Gasteiger partial charge in [-0.1, -0.05) is 30.9 Å². The van der Waals surface area contributed by atoms with Crippen molar-refractivity contribution < 1.29 is 13.9 Å². The number of rotatable bonds is 8. The number of carbonyl (C=O) groups excluding carboxylic acids is 1. The first-order valence-electron chi connectivity index (χ1n) is 8.34. The Labute approximate surface area is 171 Å². The molecule has 1 N–H and O–H groups in total. The summed E-state index contributed by atoms with van der Waals surface area (Å²) in [6.45, 7) is 7.71. The van der Waals surface area contributed by atoms with E-state index in [-0.39, 0.29) is 11.3 Å². The number of carbonyl (C=O) groups is 1. The van der Waals surface area contributed by atoms with Gasteiger partial charge in [0, 0.05) is 0 Å². The Hall–Kier alpha value is -3.17. The van der Waals surface area contributed by atoms with Crippen LogP contribution in [0.15, 0.2) is 71.8 Å². The lowest BCUT2D eigenvalue weighted by molar-refractivity contribution is -0.112. The van der Waals surface area contributed by atoms with E-state index in [9.17, 15) is 14.4 Å². The van der Waals surface area contributed by atoms with Crippen LogP contribution in [0.1, 0.15) is 11.1 Å². The van der Waals surface area contributed by atoms with E-state index in [1.807, 2.05) is 6.07 Å². The van der Waals surface area contributed by atoms with Gasteiger partial charge >= 0.3 is 0 Å². The summed E-state index contributed by atoms with van der Waals surface area (Å²) in [5.41, 5.74) is 1.31. The van der Waals surface area contributed by atoms with E-state index in [4.69, 9.17) is 4.74 Å². The second-order valence-corrected chi connectivity index (χ2v) is 6.54. The fourth-order valence-electron chi connectivity index (χ4n) is 2.44. The Morgan fingerprint density at radius 2 is 2.04 bits per heavy atom. The second kappa shape index (κ2) is 10.2. The lowest BCUT2D eigenvalue weighted by Crippen LogP contribution is -2.14. The molecule has 142 valence electrons. The zero-order chi connectivity index (χ0) is 20.5. The summed E-state index contributed by atoms with van der Waals surface area (Å²) in [6.07, 6.45) is 5.34. The molecule has 0 heterocycles. The van der Waals surface area contributed by atoms with Crippen molar-refractivity contribution >= 4 is 33.6 Å². The molecule has 0 saturated carbocycles. The van der Waals surface area contributed by atoms with Gasteiger partial charge in [-0.2, -0.15) is 5.26 Å². The van der Waals surface area contributed by atoms with Gasteiger partial charge in [-0.05, 0) is 63.8 Å². The number of amides is 1. The monoisotopic (exact) mass is 440 g/mol. The van der Waals surface area contributed by atoms with Crippen molar-refractivity contribution in [3.05, 3.63) is 88.7 Å². The molecule has 0 radical (unpaired) electrons. The van der Waals surface area contributed by atoms with Crippen molar-refractivity contribution in [3.8, 4) is 11.8 Å². The average Bonchev–Trinajstić information content (AvgIpc) is 2.67. The van der Waals surface area contributed by atoms with Crippen LogP contribution in [-0.2, 0) is 11.2 Å². The third-order valence-electron chi connectivity index (χ3n) is 3.65. The van der Waals surface area contributed by atoms with E-state index in [0.29, 0.717) is 28.8 Å². The highest BCUT2D eigenvalue weighted by Crippen LogP contribution is 2.32. The highest BCUT2D eigenvalue weighted by Gasteiger charge is 2.14. The largest absolute Gasteiger partial charge is 0.488 e. The standard InChI is InChI=1S/C22H18BrFN2O2/c1-3-7-16-11-15(13-18(23)21(16)28-10-4-2)12-17(14-25)22(27)26-20-9-6-5-8-19(20)24/h3-6,8-9,11-13H,1-2,7,10H2,(H,26,27)/b17-12-. The molecule has 2 aromatic carbocycles. The van der Waals surface area contributed by atoms with Crippen LogP contribution in [-0.4, -0.2) is 12.5 Å². The van der Waals surface area contributed by atoms with Crippen LogP contribution in [0.5, 0.6) is 5.75 Å². The topological polar surface area (TPSA) is 62.1 Å². The molecular formula is C22H18BrFN2O2. The predicted octanol–water partition coefficient (Wildman–Crippen LogP) is 5.43. The molecule has 2 aromatic rings. The molecule has 0 aliphatic rings. The summed E-state index contributed by atoms with van der Waals surface area (Å²) in [4.78, 5) is 12.4. The highest BCUT2D eigenvalue weighted by atomic mass is 79.9. The van der Waals surface area contributed by atoms with E-state index in [2.05, 4.69) is 34.4 Å². The molecule has 0 unspecified atom stereocenters. The first-order valence-corrected chi connectivity index (χ1v) is 9.14. The number of hydrogen-bond acceptors (Lipinski definition) is 3. The van der Waals surface area contributed by atoms with Crippen LogP contribution in [0, 0.1) is 17.1 Å². The molecule has 28 heavy (non-hydrogen) atoms. The Kier molecular flexibility index (Phi) is 7.73. The van der Waals surface area contributed by atoms with Gasteiger partial charge in [-0.15, -0.1) is 6.58 Å². The number of anilines is 1. The van der Waals surface area contributed by atoms with E-state index >= 15 is 0 Å². The quantitative estimate of drug-likeness (QED) is 0.338. The van der Waals surface area contributed by atoms with Crippen molar-refractivity contribution in [1.29, 1.82) is 5.26 Å². The van der Waals surface area contributed by atoms with E-state index in [0.717, 1.165) is 5.56 Å². The Balaban J connectivity index is 2.36. The highest BCUT2D eigenvalue weighted by molar-refractivity contribution is 9.10. The number of para-hydroxylation sites is 1. The van der Waals surface area contributed by atoms with Crippen LogP contribution in [0.25, 0.3) is 6.08 Å². The molecule has 0 atom stereocenters. The third-order valence-corrected chi connectivity index (χ3v) is 4.24. The zero-order valence-corrected chi connectivity index (χ0v) is 16.6. The summed E-state index contributed by atoms with van der Waals surface area (Å²) in [5.74, 6) is -0.625. The fraction of sp³-hybridized carbons (Fsp3) is 0.0909. The number of hydrogen-bond donors (Lipinski definition) is 1. The SMILES string of the molecule is C=CCOc1c(Br)cc(/C=C(/C#N)C(=O)Nc2ccccc2F)cc1CC=C. The van der Waals surface area contributed by atoms with Crippen molar-refractivity contribution in [2.24, 2.45) is 0 Å².